The first-order valence-electron chi connectivity index (χ1n) is 3.32. The van der Waals surface area contributed by atoms with Crippen molar-refractivity contribution >= 4 is 33.6 Å². The third-order valence-corrected chi connectivity index (χ3v) is 2.23. The lowest BCUT2D eigenvalue weighted by molar-refractivity contribution is 0.111. The summed E-state index contributed by atoms with van der Waals surface area (Å²) in [5.74, 6) is 5.79. The Kier molecular flexibility index (Phi) is 3.98. The van der Waals surface area contributed by atoms with Crippen molar-refractivity contribution in [3.63, 3.8) is 0 Å². The van der Waals surface area contributed by atoms with Crippen LogP contribution in [0.4, 0.5) is 0 Å². The zero-order chi connectivity index (χ0) is 8.81. The minimum absolute atomic E-state index is 0.461. The van der Waals surface area contributed by atoms with Crippen molar-refractivity contribution in [1.29, 1.82) is 0 Å². The lowest BCUT2D eigenvalue weighted by Gasteiger charge is -1.76. The molecule has 2 nitrogen and oxygen atoms in total. The summed E-state index contributed by atoms with van der Waals surface area (Å²) in [4.78, 5) is 14.2. The molecule has 1 rings (SSSR count). The van der Waals surface area contributed by atoms with E-state index in [9.17, 15) is 4.79 Å². The van der Waals surface area contributed by atoms with E-state index < -0.39 is 0 Å². The van der Waals surface area contributed by atoms with E-state index in [0.29, 0.717) is 10.7 Å². The molecule has 0 fully saturated rings. The van der Waals surface area contributed by atoms with E-state index in [-0.39, 0.29) is 0 Å². The van der Waals surface area contributed by atoms with E-state index in [4.69, 9.17) is 0 Å². The van der Waals surface area contributed by atoms with Gasteiger partial charge in [-0.25, -0.2) is 4.98 Å². The molecule has 0 saturated heterocycles. The summed E-state index contributed by atoms with van der Waals surface area (Å²) < 4.78 is 0. The average Bonchev–Trinajstić information content (AvgIpc) is 2.53. The summed E-state index contributed by atoms with van der Waals surface area (Å²) in [5.41, 5.74) is 0.461. The Morgan fingerprint density at radius 2 is 2.58 bits per heavy atom. The number of carbonyl (C=O) groups is 1. The number of aromatic nitrogens is 1. The summed E-state index contributed by atoms with van der Waals surface area (Å²) in [6.07, 6.45) is 1.53. The van der Waals surface area contributed by atoms with Gasteiger partial charge in [0.1, 0.15) is 5.69 Å². The number of halogens is 1. The molecule has 12 heavy (non-hydrogen) atoms. The van der Waals surface area contributed by atoms with E-state index >= 15 is 0 Å². The molecule has 0 aliphatic rings. The van der Waals surface area contributed by atoms with Crippen molar-refractivity contribution in [3.05, 3.63) is 16.1 Å². The molecule has 0 aliphatic carbocycles. The average molecular weight is 244 g/mol. The van der Waals surface area contributed by atoms with Gasteiger partial charge in [-0.15, -0.1) is 11.3 Å². The number of thiazole rings is 1. The highest BCUT2D eigenvalue weighted by Gasteiger charge is 1.95. The van der Waals surface area contributed by atoms with Crippen molar-refractivity contribution in [1.82, 2.24) is 4.98 Å². The van der Waals surface area contributed by atoms with Crippen molar-refractivity contribution in [2.24, 2.45) is 0 Å². The highest BCUT2D eigenvalue weighted by molar-refractivity contribution is 9.09. The molecule has 0 atom stereocenters. The molecule has 0 spiro atoms. The zero-order valence-corrected chi connectivity index (χ0v) is 8.61. The van der Waals surface area contributed by atoms with Crippen LogP contribution in [0.1, 0.15) is 21.9 Å². The Bertz CT molecular complexity index is 323. The van der Waals surface area contributed by atoms with E-state index in [1.54, 1.807) is 5.38 Å². The SMILES string of the molecule is O=Cc1csc(C#CCCBr)n1. The van der Waals surface area contributed by atoms with Crippen molar-refractivity contribution < 1.29 is 4.79 Å². The van der Waals surface area contributed by atoms with E-state index in [1.807, 2.05) is 0 Å². The highest BCUT2D eigenvalue weighted by atomic mass is 79.9. The Morgan fingerprint density at radius 3 is 3.17 bits per heavy atom. The van der Waals surface area contributed by atoms with Gasteiger partial charge in [0, 0.05) is 17.1 Å². The smallest absolute Gasteiger partial charge is 0.169 e. The van der Waals surface area contributed by atoms with Crippen LogP contribution in [0.3, 0.4) is 0 Å². The molecule has 0 aliphatic heterocycles. The second kappa shape index (κ2) is 5.07. The van der Waals surface area contributed by atoms with Crippen LogP contribution in [-0.4, -0.2) is 16.6 Å². The first-order valence-corrected chi connectivity index (χ1v) is 5.32. The number of rotatable bonds is 2. The maximum atomic E-state index is 10.2. The molecular formula is C8H6BrNOS. The molecule has 0 aromatic carbocycles. The van der Waals surface area contributed by atoms with Crippen molar-refractivity contribution in [3.8, 4) is 11.8 Å². The van der Waals surface area contributed by atoms with Crippen LogP contribution in [0.5, 0.6) is 0 Å². The normalized spacial score (nSPS) is 8.75. The minimum Gasteiger partial charge on any atom is -0.296 e. The summed E-state index contributed by atoms with van der Waals surface area (Å²) in [5, 5.41) is 3.27. The Hall–Kier alpha value is -0.660. The largest absolute Gasteiger partial charge is 0.296 e. The number of hydrogen-bond donors (Lipinski definition) is 0. The van der Waals surface area contributed by atoms with Crippen LogP contribution in [-0.2, 0) is 0 Å². The molecule has 1 aromatic heterocycles. The second-order valence-electron chi connectivity index (χ2n) is 1.94. The van der Waals surface area contributed by atoms with Gasteiger partial charge in [0.2, 0.25) is 0 Å². The van der Waals surface area contributed by atoms with Crippen LogP contribution in [0.15, 0.2) is 5.38 Å². The van der Waals surface area contributed by atoms with E-state index in [0.717, 1.165) is 18.0 Å². The lowest BCUT2D eigenvalue weighted by Crippen LogP contribution is -1.78. The molecule has 1 aromatic rings. The van der Waals surface area contributed by atoms with E-state index in [2.05, 4.69) is 32.8 Å². The van der Waals surface area contributed by atoms with Crippen molar-refractivity contribution in [2.45, 2.75) is 6.42 Å². The van der Waals surface area contributed by atoms with Gasteiger partial charge in [0.25, 0.3) is 0 Å². The molecule has 0 unspecified atom stereocenters. The summed E-state index contributed by atoms with van der Waals surface area (Å²) in [7, 11) is 0. The maximum Gasteiger partial charge on any atom is 0.169 e. The summed E-state index contributed by atoms with van der Waals surface area (Å²) in [6.45, 7) is 0. The van der Waals surface area contributed by atoms with Gasteiger partial charge >= 0.3 is 0 Å². The Balaban J connectivity index is 2.65. The monoisotopic (exact) mass is 243 g/mol. The standard InChI is InChI=1S/C8H6BrNOS/c9-4-2-1-3-8-10-7(5-11)6-12-8/h5-6H,2,4H2. The topological polar surface area (TPSA) is 30.0 Å². The summed E-state index contributed by atoms with van der Waals surface area (Å²) >= 11 is 4.66. The zero-order valence-electron chi connectivity index (χ0n) is 6.21. The number of aldehydes is 1. The highest BCUT2D eigenvalue weighted by Crippen LogP contribution is 2.05. The Morgan fingerprint density at radius 1 is 1.75 bits per heavy atom. The van der Waals surface area contributed by atoms with Gasteiger partial charge in [0.05, 0.1) is 0 Å². The molecule has 0 amide bonds. The lowest BCUT2D eigenvalue weighted by atomic mass is 10.5. The molecule has 0 saturated carbocycles. The van der Waals surface area contributed by atoms with Gasteiger partial charge in [0.15, 0.2) is 11.3 Å². The fraction of sp³-hybridized carbons (Fsp3) is 0.250. The van der Waals surface area contributed by atoms with Gasteiger partial charge < -0.3 is 0 Å². The van der Waals surface area contributed by atoms with Crippen LogP contribution in [0.2, 0.25) is 0 Å². The minimum atomic E-state index is 0.461. The number of nitrogens with zero attached hydrogens (tertiary/aromatic N) is 1. The molecule has 62 valence electrons. The molecule has 0 radical (unpaired) electrons. The van der Waals surface area contributed by atoms with Crippen LogP contribution in [0, 0.1) is 11.8 Å². The molecule has 1 heterocycles. The van der Waals surface area contributed by atoms with Crippen LogP contribution >= 0.6 is 27.3 Å². The second-order valence-corrected chi connectivity index (χ2v) is 3.59. The molecule has 0 bridgehead atoms. The number of carbonyl (C=O) groups excluding carboxylic acids is 1. The quantitative estimate of drug-likeness (QED) is 0.453. The van der Waals surface area contributed by atoms with Gasteiger partial charge in [-0.1, -0.05) is 21.9 Å². The summed E-state index contributed by atoms with van der Waals surface area (Å²) in [6, 6.07) is 0. The predicted octanol–water partition coefficient (Wildman–Crippen LogP) is 2.09. The van der Waals surface area contributed by atoms with Gasteiger partial charge in [-0.3, -0.25) is 4.79 Å². The number of alkyl halides is 1. The first-order chi connectivity index (χ1) is 5.86. The molecule has 0 N–H and O–H groups in total. The number of hydrogen-bond acceptors (Lipinski definition) is 3. The van der Waals surface area contributed by atoms with Crippen molar-refractivity contribution in [2.75, 3.05) is 5.33 Å². The van der Waals surface area contributed by atoms with Crippen LogP contribution < -0.4 is 0 Å². The third kappa shape index (κ3) is 2.76. The molecular weight excluding hydrogens is 238 g/mol. The first kappa shape index (κ1) is 9.43. The Labute approximate surface area is 83.1 Å². The predicted molar refractivity (Wildman–Crippen MR) is 52.8 cm³/mol. The molecule has 4 heteroatoms. The van der Waals surface area contributed by atoms with Crippen LogP contribution in [0.25, 0.3) is 0 Å². The maximum absolute atomic E-state index is 10.2. The van der Waals surface area contributed by atoms with Gasteiger partial charge in [-0.05, 0) is 5.92 Å². The fourth-order valence-electron chi connectivity index (χ4n) is 0.583. The van der Waals surface area contributed by atoms with E-state index in [1.165, 1.54) is 11.3 Å². The fourth-order valence-corrected chi connectivity index (χ4v) is 1.41. The van der Waals surface area contributed by atoms with Gasteiger partial charge in [-0.2, -0.15) is 0 Å². The third-order valence-electron chi connectivity index (χ3n) is 1.06.